The number of amides is 1. The highest BCUT2D eigenvalue weighted by Crippen LogP contribution is 1.62. The van der Waals surface area contributed by atoms with E-state index in [1.807, 2.05) is 0 Å². The minimum Gasteiger partial charge on any atom is -0.359 e. The van der Waals surface area contributed by atoms with E-state index < -0.39 is 10.0 Å². The van der Waals surface area contributed by atoms with Crippen LogP contribution in [-0.2, 0) is 14.8 Å². The third kappa shape index (κ3) is 26.6. The zero-order valence-corrected chi connectivity index (χ0v) is 7.95. The monoisotopic (exact) mass is 182 g/mol. The molecule has 0 fully saturated rings. The molecule has 0 aliphatic rings. The molecule has 0 aliphatic heterocycles. The largest absolute Gasteiger partial charge is 0.359 e. The van der Waals surface area contributed by atoms with Crippen molar-refractivity contribution in [2.45, 2.75) is 6.92 Å². The zero-order valence-electron chi connectivity index (χ0n) is 7.13. The lowest BCUT2D eigenvalue weighted by Gasteiger charge is -1.85. The van der Waals surface area contributed by atoms with E-state index in [0.29, 0.717) is 0 Å². The number of nitrogens with one attached hydrogen (secondary N) is 2. The maximum absolute atomic E-state index is 9.89. The molecular weight excluding hydrogens is 168 g/mol. The highest BCUT2D eigenvalue weighted by molar-refractivity contribution is 7.88. The molecule has 0 spiro atoms. The first kappa shape index (κ1) is 13.0. The zero-order chi connectivity index (χ0) is 9.49. The summed E-state index contributed by atoms with van der Waals surface area (Å²) in [4.78, 5) is 9.70. The van der Waals surface area contributed by atoms with Crippen molar-refractivity contribution in [2.75, 3.05) is 20.4 Å². The fourth-order valence-electron chi connectivity index (χ4n) is 0. The van der Waals surface area contributed by atoms with Gasteiger partial charge in [0.05, 0.1) is 6.26 Å². The third-order valence-electron chi connectivity index (χ3n) is 0.723. The Morgan fingerprint density at radius 2 is 1.45 bits per heavy atom. The standard InChI is InChI=1S/C3H7NO.C2H7NO2S/c1-3(5)4-2;1-3-6(2,4)5/h1-2H3,(H,4,5);3H,1-2H3. The molecule has 0 aromatic rings. The lowest BCUT2D eigenvalue weighted by Crippen LogP contribution is -2.15. The molecule has 0 saturated heterocycles. The summed E-state index contributed by atoms with van der Waals surface area (Å²) in [5.74, 6) is 0.00463. The number of carbonyl (C=O) groups is 1. The van der Waals surface area contributed by atoms with E-state index in [-0.39, 0.29) is 5.91 Å². The number of hydrogen-bond donors (Lipinski definition) is 2. The van der Waals surface area contributed by atoms with Gasteiger partial charge >= 0.3 is 0 Å². The SMILES string of the molecule is CNC(C)=O.CNS(C)(=O)=O. The average molecular weight is 182 g/mol. The molecule has 0 aliphatic carbocycles. The molecule has 0 unspecified atom stereocenters. The van der Waals surface area contributed by atoms with Crippen molar-refractivity contribution in [1.82, 2.24) is 10.0 Å². The third-order valence-corrected chi connectivity index (χ3v) is 1.46. The van der Waals surface area contributed by atoms with Crippen molar-refractivity contribution in [3.63, 3.8) is 0 Å². The van der Waals surface area contributed by atoms with E-state index >= 15 is 0 Å². The normalized spacial score (nSPS) is 9.45. The van der Waals surface area contributed by atoms with Crippen LogP contribution in [-0.4, -0.2) is 34.7 Å². The Balaban J connectivity index is 0. The van der Waals surface area contributed by atoms with Gasteiger partial charge in [0.1, 0.15) is 0 Å². The lowest BCUT2D eigenvalue weighted by molar-refractivity contribution is -0.118. The van der Waals surface area contributed by atoms with Crippen LogP contribution in [0.5, 0.6) is 0 Å². The topological polar surface area (TPSA) is 75.3 Å². The fraction of sp³-hybridized carbons (Fsp3) is 0.800. The molecular formula is C5H14N2O3S. The number of hydrogen-bond acceptors (Lipinski definition) is 3. The van der Waals surface area contributed by atoms with Crippen LogP contribution >= 0.6 is 0 Å². The van der Waals surface area contributed by atoms with Crippen LogP contribution in [0.25, 0.3) is 0 Å². The average Bonchev–Trinajstić information content (AvgIpc) is 1.88. The van der Waals surface area contributed by atoms with Crippen LogP contribution in [0.3, 0.4) is 0 Å². The molecule has 68 valence electrons. The molecule has 11 heavy (non-hydrogen) atoms. The minimum absolute atomic E-state index is 0.00463. The Morgan fingerprint density at radius 3 is 1.45 bits per heavy atom. The van der Waals surface area contributed by atoms with E-state index in [2.05, 4.69) is 10.0 Å². The summed E-state index contributed by atoms with van der Waals surface area (Å²) in [5, 5.41) is 2.39. The number of sulfonamides is 1. The van der Waals surface area contributed by atoms with E-state index in [4.69, 9.17) is 0 Å². The summed E-state index contributed by atoms with van der Waals surface area (Å²) in [5.41, 5.74) is 0. The summed E-state index contributed by atoms with van der Waals surface area (Å²) < 4.78 is 21.9. The van der Waals surface area contributed by atoms with Gasteiger partial charge in [-0.3, -0.25) is 4.79 Å². The Kier molecular flexibility index (Phi) is 7.23. The van der Waals surface area contributed by atoms with Gasteiger partial charge in [-0.15, -0.1) is 0 Å². The highest BCUT2D eigenvalue weighted by atomic mass is 32.2. The van der Waals surface area contributed by atoms with Crippen LogP contribution in [0.2, 0.25) is 0 Å². The molecule has 5 nitrogen and oxygen atoms in total. The Bertz CT molecular complexity index is 198. The second-order valence-corrected chi connectivity index (χ2v) is 3.74. The second-order valence-electron chi connectivity index (χ2n) is 1.78. The summed E-state index contributed by atoms with van der Waals surface area (Å²) in [6.45, 7) is 1.47. The maximum atomic E-state index is 9.89. The van der Waals surface area contributed by atoms with Crippen LogP contribution in [0.15, 0.2) is 0 Å². The molecule has 6 heteroatoms. The van der Waals surface area contributed by atoms with Gasteiger partial charge in [0.2, 0.25) is 15.9 Å². The van der Waals surface area contributed by atoms with Gasteiger partial charge in [-0.1, -0.05) is 0 Å². The minimum atomic E-state index is -2.91. The summed E-state index contributed by atoms with van der Waals surface area (Å²) in [7, 11) is 0.0579. The number of carbonyl (C=O) groups excluding carboxylic acids is 1. The summed E-state index contributed by atoms with van der Waals surface area (Å²) in [6.07, 6.45) is 1.10. The quantitative estimate of drug-likeness (QED) is 0.541. The van der Waals surface area contributed by atoms with Crippen LogP contribution in [0.1, 0.15) is 6.92 Å². The molecule has 0 atom stereocenters. The van der Waals surface area contributed by atoms with Crippen LogP contribution < -0.4 is 10.0 Å². The first-order valence-electron chi connectivity index (χ1n) is 2.90. The Hall–Kier alpha value is -0.620. The van der Waals surface area contributed by atoms with Gasteiger partial charge in [0.25, 0.3) is 0 Å². The van der Waals surface area contributed by atoms with Crippen molar-refractivity contribution in [3.05, 3.63) is 0 Å². The summed E-state index contributed by atoms with van der Waals surface area (Å²) >= 11 is 0. The first-order chi connectivity index (χ1) is 4.83. The Morgan fingerprint density at radius 1 is 1.27 bits per heavy atom. The van der Waals surface area contributed by atoms with Crippen molar-refractivity contribution in [2.24, 2.45) is 0 Å². The number of rotatable bonds is 1. The summed E-state index contributed by atoms with van der Waals surface area (Å²) in [6, 6.07) is 0. The van der Waals surface area contributed by atoms with Crippen molar-refractivity contribution in [3.8, 4) is 0 Å². The van der Waals surface area contributed by atoms with Gasteiger partial charge in [-0.25, -0.2) is 13.1 Å². The van der Waals surface area contributed by atoms with Gasteiger partial charge in [0.15, 0.2) is 0 Å². The maximum Gasteiger partial charge on any atom is 0.216 e. The highest BCUT2D eigenvalue weighted by Gasteiger charge is 1.88. The van der Waals surface area contributed by atoms with Gasteiger partial charge < -0.3 is 5.32 Å². The van der Waals surface area contributed by atoms with Crippen molar-refractivity contribution < 1.29 is 13.2 Å². The predicted molar refractivity (Wildman–Crippen MR) is 43.6 cm³/mol. The van der Waals surface area contributed by atoms with Gasteiger partial charge in [-0.05, 0) is 7.05 Å². The predicted octanol–water partition coefficient (Wildman–Crippen LogP) is -1.08. The van der Waals surface area contributed by atoms with E-state index in [9.17, 15) is 13.2 Å². The first-order valence-corrected chi connectivity index (χ1v) is 4.79. The van der Waals surface area contributed by atoms with Crippen LogP contribution in [0.4, 0.5) is 0 Å². The van der Waals surface area contributed by atoms with Gasteiger partial charge in [-0.2, -0.15) is 0 Å². The smallest absolute Gasteiger partial charge is 0.216 e. The van der Waals surface area contributed by atoms with E-state index in [1.165, 1.54) is 14.0 Å². The molecule has 0 saturated carbocycles. The molecule has 1 amide bonds. The molecule has 0 bridgehead atoms. The molecule has 0 radical (unpaired) electrons. The van der Waals surface area contributed by atoms with E-state index in [1.54, 1.807) is 7.05 Å². The fourth-order valence-corrected chi connectivity index (χ4v) is 0. The molecule has 0 aromatic carbocycles. The van der Waals surface area contributed by atoms with Crippen molar-refractivity contribution >= 4 is 15.9 Å². The second kappa shape index (κ2) is 6.11. The molecule has 0 heterocycles. The van der Waals surface area contributed by atoms with Crippen LogP contribution in [0, 0.1) is 0 Å². The van der Waals surface area contributed by atoms with E-state index in [0.717, 1.165) is 6.26 Å². The lowest BCUT2D eigenvalue weighted by atomic mass is 10.7. The van der Waals surface area contributed by atoms with Gasteiger partial charge in [0, 0.05) is 14.0 Å². The van der Waals surface area contributed by atoms with Crippen molar-refractivity contribution in [1.29, 1.82) is 0 Å². The molecule has 2 N–H and O–H groups in total. The molecule has 0 aromatic heterocycles. The Labute approximate surface area is 67.2 Å². The molecule has 0 rings (SSSR count).